The number of aromatic amines is 1. The number of fused-ring (bicyclic) bond motifs is 3. The summed E-state index contributed by atoms with van der Waals surface area (Å²) in [5.41, 5.74) is 0.612. The first-order chi connectivity index (χ1) is 13.1. The van der Waals surface area contributed by atoms with Gasteiger partial charge in [0.15, 0.2) is 0 Å². The van der Waals surface area contributed by atoms with E-state index in [2.05, 4.69) is 15.3 Å². The zero-order chi connectivity index (χ0) is 18.8. The summed E-state index contributed by atoms with van der Waals surface area (Å²) in [7, 11) is 1.95. The van der Waals surface area contributed by atoms with Crippen molar-refractivity contribution in [1.29, 1.82) is 0 Å². The highest BCUT2D eigenvalue weighted by Crippen LogP contribution is 2.29. The molecule has 2 aliphatic heterocycles. The average molecular weight is 423 g/mol. The number of carbonyl (C=O) groups excluding carboxylic acids is 1. The van der Waals surface area contributed by atoms with Gasteiger partial charge in [-0.3, -0.25) is 9.59 Å². The van der Waals surface area contributed by atoms with Crippen LogP contribution in [0.4, 0.5) is 0 Å². The van der Waals surface area contributed by atoms with Crippen molar-refractivity contribution in [3.63, 3.8) is 0 Å². The second kappa shape index (κ2) is 9.29. The Morgan fingerprint density at radius 2 is 1.96 bits per heavy atom. The fraction of sp³-hybridized carbons (Fsp3) is 0.550. The Bertz CT molecular complexity index is 878. The first-order valence-corrected chi connectivity index (χ1v) is 10.8. The summed E-state index contributed by atoms with van der Waals surface area (Å²) in [5, 5.41) is 4.23. The lowest BCUT2D eigenvalue weighted by atomic mass is 9.98. The first-order valence-electron chi connectivity index (χ1n) is 9.67. The van der Waals surface area contributed by atoms with E-state index in [0.717, 1.165) is 18.6 Å². The van der Waals surface area contributed by atoms with Crippen LogP contribution in [-0.4, -0.2) is 51.7 Å². The Balaban J connectivity index is 0.00000225. The van der Waals surface area contributed by atoms with Crippen molar-refractivity contribution < 1.29 is 4.79 Å². The van der Waals surface area contributed by atoms with E-state index in [4.69, 9.17) is 0 Å². The molecule has 2 aromatic rings. The smallest absolute Gasteiger partial charge is 0.258 e. The summed E-state index contributed by atoms with van der Waals surface area (Å²) in [6.07, 6.45) is 5.17. The normalized spacial score (nSPS) is 23.4. The molecule has 0 spiro atoms. The largest absolute Gasteiger partial charge is 0.343 e. The maximum atomic E-state index is 12.5. The minimum Gasteiger partial charge on any atom is -0.343 e. The monoisotopic (exact) mass is 422 g/mol. The summed E-state index contributed by atoms with van der Waals surface area (Å²) in [6, 6.07) is 8.91. The van der Waals surface area contributed by atoms with Gasteiger partial charge in [-0.2, -0.15) is 11.8 Å². The van der Waals surface area contributed by atoms with Gasteiger partial charge in [-0.25, -0.2) is 4.98 Å². The molecule has 2 atom stereocenters. The summed E-state index contributed by atoms with van der Waals surface area (Å²) < 4.78 is 0. The quantitative estimate of drug-likeness (QED) is 0.700. The maximum absolute atomic E-state index is 12.5. The van der Waals surface area contributed by atoms with Crippen LogP contribution in [0.5, 0.6) is 0 Å². The number of hydrogen-bond acceptors (Lipinski definition) is 5. The second-order valence-electron chi connectivity index (χ2n) is 7.60. The van der Waals surface area contributed by atoms with Crippen LogP contribution in [0.25, 0.3) is 10.9 Å². The Hall–Kier alpha value is -1.57. The van der Waals surface area contributed by atoms with E-state index in [0.29, 0.717) is 47.0 Å². The molecule has 2 bridgehead atoms. The molecule has 1 aromatic heterocycles. The highest BCUT2D eigenvalue weighted by molar-refractivity contribution is 7.98. The van der Waals surface area contributed by atoms with Crippen LogP contribution in [0.3, 0.4) is 0 Å². The molecule has 4 rings (SSSR count). The Morgan fingerprint density at radius 3 is 2.71 bits per heavy atom. The van der Waals surface area contributed by atoms with Gasteiger partial charge in [0.05, 0.1) is 16.7 Å². The lowest BCUT2D eigenvalue weighted by molar-refractivity contribution is -0.132. The number of nitrogens with zero attached hydrogens (tertiary/aromatic N) is 2. The number of halogens is 1. The first kappa shape index (κ1) is 21.1. The fourth-order valence-corrected chi connectivity index (χ4v) is 5.05. The standard InChI is InChI=1S/C20H26N4O2S.ClH/c1-24(15-10-13-6-7-14(11-15)21-13)19(25)8-9-27-12-18-22-17-5-3-2-4-16(17)20(26)23-18;/h2-5,13-15,21H,6-12H2,1H3,(H,22,23,26);1H. The topological polar surface area (TPSA) is 78.1 Å². The van der Waals surface area contributed by atoms with Crippen molar-refractivity contribution in [2.24, 2.45) is 0 Å². The number of hydrogen-bond donors (Lipinski definition) is 2. The number of rotatable bonds is 6. The number of benzene rings is 1. The second-order valence-corrected chi connectivity index (χ2v) is 8.71. The molecule has 2 N–H and O–H groups in total. The van der Waals surface area contributed by atoms with Crippen LogP contribution >= 0.6 is 24.2 Å². The maximum Gasteiger partial charge on any atom is 0.258 e. The molecule has 1 aromatic carbocycles. The minimum absolute atomic E-state index is 0. The minimum atomic E-state index is -0.104. The van der Waals surface area contributed by atoms with Crippen molar-refractivity contribution in [2.45, 2.75) is 56.0 Å². The summed E-state index contributed by atoms with van der Waals surface area (Å²) in [4.78, 5) is 33.9. The van der Waals surface area contributed by atoms with Gasteiger partial charge in [0.25, 0.3) is 5.56 Å². The highest BCUT2D eigenvalue weighted by atomic mass is 35.5. The molecule has 2 saturated heterocycles. The van der Waals surface area contributed by atoms with Crippen molar-refractivity contribution >= 4 is 41.0 Å². The lowest BCUT2D eigenvalue weighted by Crippen LogP contribution is -2.48. The van der Waals surface area contributed by atoms with Gasteiger partial charge in [-0.1, -0.05) is 12.1 Å². The molecule has 0 aliphatic carbocycles. The third kappa shape index (κ3) is 4.70. The number of piperidine rings is 1. The number of H-pyrrole nitrogens is 1. The molecule has 2 fully saturated rings. The molecule has 152 valence electrons. The van der Waals surface area contributed by atoms with Gasteiger partial charge < -0.3 is 15.2 Å². The summed E-state index contributed by atoms with van der Waals surface area (Å²) >= 11 is 1.64. The van der Waals surface area contributed by atoms with Crippen LogP contribution in [0.15, 0.2) is 29.1 Å². The molecule has 0 radical (unpaired) electrons. The number of aromatic nitrogens is 2. The van der Waals surface area contributed by atoms with Crippen molar-refractivity contribution in [1.82, 2.24) is 20.2 Å². The van der Waals surface area contributed by atoms with E-state index in [1.54, 1.807) is 17.8 Å². The highest BCUT2D eigenvalue weighted by Gasteiger charge is 2.36. The van der Waals surface area contributed by atoms with E-state index in [9.17, 15) is 9.59 Å². The van der Waals surface area contributed by atoms with Gasteiger partial charge in [-0.05, 0) is 37.8 Å². The van der Waals surface area contributed by atoms with E-state index in [-0.39, 0.29) is 23.9 Å². The Morgan fingerprint density at radius 1 is 1.25 bits per heavy atom. The molecule has 0 saturated carbocycles. The van der Waals surface area contributed by atoms with E-state index < -0.39 is 0 Å². The van der Waals surface area contributed by atoms with Crippen LogP contribution in [-0.2, 0) is 10.5 Å². The Labute approximate surface area is 175 Å². The molecule has 28 heavy (non-hydrogen) atoms. The molecule has 2 aliphatic rings. The lowest BCUT2D eigenvalue weighted by Gasteiger charge is -2.35. The van der Waals surface area contributed by atoms with Crippen molar-refractivity contribution in [2.75, 3.05) is 12.8 Å². The zero-order valence-electron chi connectivity index (χ0n) is 16.0. The Kier molecular flexibility index (Phi) is 7.01. The molecular weight excluding hydrogens is 396 g/mol. The molecule has 6 nitrogen and oxygen atoms in total. The number of nitrogens with one attached hydrogen (secondary N) is 2. The third-order valence-corrected chi connectivity index (χ3v) is 6.72. The number of thioether (sulfide) groups is 1. The van der Waals surface area contributed by atoms with Gasteiger partial charge >= 0.3 is 0 Å². The van der Waals surface area contributed by atoms with Gasteiger partial charge in [-0.15, -0.1) is 12.4 Å². The van der Waals surface area contributed by atoms with Crippen LogP contribution in [0.1, 0.15) is 37.9 Å². The third-order valence-electron chi connectivity index (χ3n) is 5.75. The van der Waals surface area contributed by atoms with Crippen molar-refractivity contribution in [3.05, 3.63) is 40.4 Å². The predicted molar refractivity (Wildman–Crippen MR) is 116 cm³/mol. The molecule has 8 heteroatoms. The average Bonchev–Trinajstić information content (AvgIpc) is 3.02. The number of carbonyl (C=O) groups is 1. The summed E-state index contributed by atoms with van der Waals surface area (Å²) in [5.74, 6) is 2.22. The van der Waals surface area contributed by atoms with Gasteiger partial charge in [0, 0.05) is 37.3 Å². The molecule has 3 heterocycles. The van der Waals surface area contributed by atoms with E-state index >= 15 is 0 Å². The molecule has 2 unspecified atom stereocenters. The summed E-state index contributed by atoms with van der Waals surface area (Å²) in [6.45, 7) is 0. The van der Waals surface area contributed by atoms with Crippen LogP contribution in [0, 0.1) is 0 Å². The number of amides is 1. The van der Waals surface area contributed by atoms with E-state index in [1.165, 1.54) is 12.8 Å². The van der Waals surface area contributed by atoms with E-state index in [1.807, 2.05) is 30.1 Å². The van der Waals surface area contributed by atoms with Gasteiger partial charge in [0.1, 0.15) is 5.82 Å². The van der Waals surface area contributed by atoms with Gasteiger partial charge in [0.2, 0.25) is 5.91 Å². The van der Waals surface area contributed by atoms with Crippen LogP contribution in [0.2, 0.25) is 0 Å². The predicted octanol–water partition coefficient (Wildman–Crippen LogP) is 2.71. The van der Waals surface area contributed by atoms with Crippen LogP contribution < -0.4 is 10.9 Å². The molecule has 1 amide bonds. The SMILES string of the molecule is CN(C(=O)CCSCc1nc2ccccc2c(=O)[nH]1)C1CC2CCC(C1)N2.Cl. The zero-order valence-corrected chi connectivity index (χ0v) is 17.7. The number of para-hydroxylation sites is 1. The molecular formula is C20H27ClN4O2S. The van der Waals surface area contributed by atoms with Crippen molar-refractivity contribution in [3.8, 4) is 0 Å². The fourth-order valence-electron chi connectivity index (χ4n) is 4.26.